The number of fused-ring (bicyclic) bond motifs is 1. The van der Waals surface area contributed by atoms with E-state index in [1.807, 2.05) is 43.3 Å². The fourth-order valence-corrected chi connectivity index (χ4v) is 1.81. The molecule has 0 N–H and O–H groups in total. The largest absolute Gasteiger partial charge is 0.464 e. The zero-order chi connectivity index (χ0) is 10.8. The Kier molecular flexibility index (Phi) is 2.75. The van der Waals surface area contributed by atoms with Crippen LogP contribution >= 0.6 is 0 Å². The third-order valence-electron chi connectivity index (χ3n) is 2.47. The number of ether oxygens (including phenoxy) is 1. The number of hydrogen-bond acceptors (Lipinski definition) is 3. The second kappa shape index (κ2) is 4.04. The van der Waals surface area contributed by atoms with Crippen LogP contribution < -0.4 is 0 Å². The summed E-state index contributed by atoms with van der Waals surface area (Å²) in [6.07, 6.45) is 1.70. The second-order valence-corrected chi connectivity index (χ2v) is 3.74. The van der Waals surface area contributed by atoms with Crippen molar-refractivity contribution in [3.05, 3.63) is 36.1 Å². The van der Waals surface area contributed by atoms with Gasteiger partial charge in [0.05, 0.1) is 6.26 Å². The molecule has 1 unspecified atom stereocenters. The van der Waals surface area contributed by atoms with Crippen molar-refractivity contribution in [1.29, 1.82) is 0 Å². The molecule has 0 aliphatic rings. The lowest BCUT2D eigenvalue weighted by atomic mass is 10.1. The summed E-state index contributed by atoms with van der Waals surface area (Å²) in [4.78, 5) is 2.01. The van der Waals surface area contributed by atoms with E-state index < -0.39 is 0 Å². The number of hydrogen-bond donors (Lipinski definition) is 0. The number of benzene rings is 1. The Morgan fingerprint density at radius 2 is 2.00 bits per heavy atom. The molecule has 80 valence electrons. The molecular formula is C12H15NO2. The first-order valence-corrected chi connectivity index (χ1v) is 4.89. The molecule has 0 radical (unpaired) electrons. The van der Waals surface area contributed by atoms with Gasteiger partial charge in [0.1, 0.15) is 11.8 Å². The van der Waals surface area contributed by atoms with Gasteiger partial charge in [-0.3, -0.25) is 4.90 Å². The van der Waals surface area contributed by atoms with E-state index in [0.717, 1.165) is 16.5 Å². The molecular weight excluding hydrogens is 190 g/mol. The topological polar surface area (TPSA) is 25.6 Å². The van der Waals surface area contributed by atoms with Crippen LogP contribution in [0, 0.1) is 0 Å². The molecule has 1 atom stereocenters. The first-order valence-electron chi connectivity index (χ1n) is 4.89. The fourth-order valence-electron chi connectivity index (χ4n) is 1.81. The number of para-hydroxylation sites is 1. The number of methoxy groups -OCH3 is 1. The van der Waals surface area contributed by atoms with Gasteiger partial charge in [-0.1, -0.05) is 18.2 Å². The van der Waals surface area contributed by atoms with E-state index in [-0.39, 0.29) is 6.23 Å². The van der Waals surface area contributed by atoms with Gasteiger partial charge < -0.3 is 9.15 Å². The summed E-state index contributed by atoms with van der Waals surface area (Å²) in [5, 5.41) is 1.11. The van der Waals surface area contributed by atoms with E-state index in [0.29, 0.717) is 0 Å². The van der Waals surface area contributed by atoms with Gasteiger partial charge >= 0.3 is 0 Å². The van der Waals surface area contributed by atoms with Crippen molar-refractivity contribution in [3.63, 3.8) is 0 Å². The monoisotopic (exact) mass is 205 g/mol. The highest BCUT2D eigenvalue weighted by molar-refractivity contribution is 5.81. The van der Waals surface area contributed by atoms with E-state index >= 15 is 0 Å². The average Bonchev–Trinajstić information content (AvgIpc) is 2.63. The minimum Gasteiger partial charge on any atom is -0.464 e. The summed E-state index contributed by atoms with van der Waals surface area (Å²) < 4.78 is 10.9. The van der Waals surface area contributed by atoms with Crippen LogP contribution in [-0.2, 0) is 4.74 Å². The molecule has 15 heavy (non-hydrogen) atoms. The molecule has 1 aromatic heterocycles. The molecule has 0 saturated carbocycles. The summed E-state index contributed by atoms with van der Waals surface area (Å²) in [7, 11) is 5.66. The summed E-state index contributed by atoms with van der Waals surface area (Å²) in [5.41, 5.74) is 1.97. The molecule has 1 heterocycles. The SMILES string of the molecule is COC(c1coc2ccccc12)N(C)C. The Morgan fingerprint density at radius 3 is 2.67 bits per heavy atom. The molecule has 0 spiro atoms. The van der Waals surface area contributed by atoms with Crippen molar-refractivity contribution in [3.8, 4) is 0 Å². The van der Waals surface area contributed by atoms with Crippen LogP contribution in [0.25, 0.3) is 11.0 Å². The van der Waals surface area contributed by atoms with Crippen LogP contribution in [0.4, 0.5) is 0 Å². The second-order valence-electron chi connectivity index (χ2n) is 3.74. The van der Waals surface area contributed by atoms with Gasteiger partial charge in [0.15, 0.2) is 0 Å². The molecule has 0 amide bonds. The summed E-state index contributed by atoms with van der Waals surface area (Å²) >= 11 is 0. The Morgan fingerprint density at radius 1 is 1.27 bits per heavy atom. The van der Waals surface area contributed by atoms with Crippen molar-refractivity contribution >= 4 is 11.0 Å². The predicted molar refractivity (Wildman–Crippen MR) is 59.7 cm³/mol. The Hall–Kier alpha value is -1.32. The molecule has 0 fully saturated rings. The van der Waals surface area contributed by atoms with Crippen molar-refractivity contribution < 1.29 is 9.15 Å². The Balaban J connectivity index is 2.51. The van der Waals surface area contributed by atoms with Gasteiger partial charge in [-0.2, -0.15) is 0 Å². The first kappa shape index (κ1) is 10.2. The number of rotatable bonds is 3. The Bertz CT molecular complexity index is 448. The zero-order valence-corrected chi connectivity index (χ0v) is 9.23. The van der Waals surface area contributed by atoms with Crippen molar-refractivity contribution in [2.45, 2.75) is 6.23 Å². The van der Waals surface area contributed by atoms with E-state index in [1.54, 1.807) is 13.4 Å². The summed E-state index contributed by atoms with van der Waals surface area (Å²) in [6, 6.07) is 7.97. The van der Waals surface area contributed by atoms with Crippen LogP contribution in [0.2, 0.25) is 0 Å². The highest BCUT2D eigenvalue weighted by Gasteiger charge is 2.17. The molecule has 0 saturated heterocycles. The number of furan rings is 1. The lowest BCUT2D eigenvalue weighted by Gasteiger charge is -2.21. The van der Waals surface area contributed by atoms with Crippen molar-refractivity contribution in [1.82, 2.24) is 4.90 Å². The van der Waals surface area contributed by atoms with Gasteiger partial charge in [0.2, 0.25) is 0 Å². The zero-order valence-electron chi connectivity index (χ0n) is 9.23. The van der Waals surface area contributed by atoms with Gasteiger partial charge in [0.25, 0.3) is 0 Å². The molecule has 0 aliphatic carbocycles. The van der Waals surface area contributed by atoms with E-state index in [1.165, 1.54) is 0 Å². The quantitative estimate of drug-likeness (QED) is 0.720. The predicted octanol–water partition coefficient (Wildman–Crippen LogP) is 2.64. The molecule has 3 heteroatoms. The molecule has 2 rings (SSSR count). The molecule has 1 aromatic carbocycles. The lowest BCUT2D eigenvalue weighted by molar-refractivity contribution is -0.00486. The molecule has 0 bridgehead atoms. The molecule has 2 aromatic rings. The third kappa shape index (κ3) is 1.76. The smallest absolute Gasteiger partial charge is 0.139 e. The normalized spacial score (nSPS) is 13.6. The third-order valence-corrected chi connectivity index (χ3v) is 2.47. The van der Waals surface area contributed by atoms with Gasteiger partial charge in [-0.25, -0.2) is 0 Å². The molecule has 0 aliphatic heterocycles. The van der Waals surface area contributed by atoms with Crippen LogP contribution in [-0.4, -0.2) is 26.1 Å². The van der Waals surface area contributed by atoms with Crippen LogP contribution in [0.5, 0.6) is 0 Å². The van der Waals surface area contributed by atoms with E-state index in [9.17, 15) is 0 Å². The summed E-state index contributed by atoms with van der Waals surface area (Å²) in [5.74, 6) is 0. The van der Waals surface area contributed by atoms with Crippen LogP contribution in [0.15, 0.2) is 34.9 Å². The fraction of sp³-hybridized carbons (Fsp3) is 0.333. The maximum absolute atomic E-state index is 5.48. The van der Waals surface area contributed by atoms with E-state index in [4.69, 9.17) is 9.15 Å². The van der Waals surface area contributed by atoms with Crippen LogP contribution in [0.1, 0.15) is 11.8 Å². The van der Waals surface area contributed by atoms with Gasteiger partial charge in [0, 0.05) is 18.1 Å². The van der Waals surface area contributed by atoms with Crippen molar-refractivity contribution in [2.24, 2.45) is 0 Å². The standard InChI is InChI=1S/C12H15NO2/c1-13(2)12(14-3)10-8-15-11-7-5-4-6-9(10)11/h4-8,12H,1-3H3. The minimum absolute atomic E-state index is 0.0614. The molecule has 3 nitrogen and oxygen atoms in total. The lowest BCUT2D eigenvalue weighted by Crippen LogP contribution is -2.21. The van der Waals surface area contributed by atoms with Gasteiger partial charge in [-0.15, -0.1) is 0 Å². The minimum atomic E-state index is -0.0614. The maximum Gasteiger partial charge on any atom is 0.139 e. The van der Waals surface area contributed by atoms with Gasteiger partial charge in [-0.05, 0) is 20.2 Å². The van der Waals surface area contributed by atoms with Crippen molar-refractivity contribution in [2.75, 3.05) is 21.2 Å². The first-order chi connectivity index (χ1) is 7.24. The summed E-state index contributed by atoms with van der Waals surface area (Å²) in [6.45, 7) is 0. The Labute approximate surface area is 89.2 Å². The average molecular weight is 205 g/mol. The highest BCUT2D eigenvalue weighted by Crippen LogP contribution is 2.28. The van der Waals surface area contributed by atoms with E-state index in [2.05, 4.69) is 0 Å². The maximum atomic E-state index is 5.48. The van der Waals surface area contributed by atoms with Crippen LogP contribution in [0.3, 0.4) is 0 Å². The number of nitrogens with zero attached hydrogens (tertiary/aromatic N) is 1. The highest BCUT2D eigenvalue weighted by atomic mass is 16.5.